The van der Waals surface area contributed by atoms with Crippen LogP contribution in [0.5, 0.6) is 0 Å². The SMILES string of the molecule is O=C1C2CC3CC(C2)C(C(=O)[O-])C1C3. The van der Waals surface area contributed by atoms with Gasteiger partial charge in [0, 0.05) is 23.7 Å². The van der Waals surface area contributed by atoms with E-state index in [-0.39, 0.29) is 23.5 Å². The first-order valence-corrected chi connectivity index (χ1v) is 5.41. The fourth-order valence-electron chi connectivity index (χ4n) is 3.99. The zero-order valence-electron chi connectivity index (χ0n) is 7.94. The third-order valence-electron chi connectivity index (χ3n) is 4.41. The summed E-state index contributed by atoms with van der Waals surface area (Å²) in [5.74, 6) is -0.393. The molecule has 4 rings (SSSR count). The molecule has 0 aromatic rings. The van der Waals surface area contributed by atoms with E-state index in [2.05, 4.69) is 0 Å². The van der Waals surface area contributed by atoms with Crippen molar-refractivity contribution in [1.29, 1.82) is 0 Å². The lowest BCUT2D eigenvalue weighted by Crippen LogP contribution is -2.56. The largest absolute Gasteiger partial charge is 0.550 e. The van der Waals surface area contributed by atoms with Gasteiger partial charge >= 0.3 is 0 Å². The highest BCUT2D eigenvalue weighted by Crippen LogP contribution is 2.54. The Balaban J connectivity index is 1.97. The molecule has 0 N–H and O–H groups in total. The lowest BCUT2D eigenvalue weighted by atomic mass is 9.51. The van der Waals surface area contributed by atoms with Gasteiger partial charge in [0.1, 0.15) is 5.78 Å². The minimum Gasteiger partial charge on any atom is -0.550 e. The second-order valence-electron chi connectivity index (χ2n) is 5.12. The van der Waals surface area contributed by atoms with Crippen LogP contribution in [0.4, 0.5) is 0 Å². The summed E-state index contributed by atoms with van der Waals surface area (Å²) in [6.45, 7) is 0. The molecule has 4 saturated carbocycles. The van der Waals surface area contributed by atoms with Gasteiger partial charge in [-0.15, -0.1) is 0 Å². The molecular formula is C11H13O3-. The van der Waals surface area contributed by atoms with Crippen molar-refractivity contribution in [2.75, 3.05) is 0 Å². The fourth-order valence-corrected chi connectivity index (χ4v) is 3.99. The number of aliphatic carboxylic acids is 1. The van der Waals surface area contributed by atoms with E-state index >= 15 is 0 Å². The van der Waals surface area contributed by atoms with Crippen molar-refractivity contribution in [2.24, 2.45) is 29.6 Å². The molecule has 3 nitrogen and oxygen atoms in total. The van der Waals surface area contributed by atoms with E-state index in [4.69, 9.17) is 0 Å². The molecule has 4 bridgehead atoms. The van der Waals surface area contributed by atoms with Gasteiger partial charge < -0.3 is 9.90 Å². The van der Waals surface area contributed by atoms with E-state index in [1.165, 1.54) is 0 Å². The van der Waals surface area contributed by atoms with Gasteiger partial charge in [0.15, 0.2) is 0 Å². The second-order valence-corrected chi connectivity index (χ2v) is 5.12. The molecule has 0 amide bonds. The minimum absolute atomic E-state index is 0.188. The Hall–Kier alpha value is -0.860. The van der Waals surface area contributed by atoms with Gasteiger partial charge in [0.05, 0.1) is 0 Å². The zero-order valence-corrected chi connectivity index (χ0v) is 7.94. The Kier molecular flexibility index (Phi) is 1.56. The first-order chi connectivity index (χ1) is 6.66. The summed E-state index contributed by atoms with van der Waals surface area (Å²) in [4.78, 5) is 22.8. The third-order valence-corrected chi connectivity index (χ3v) is 4.41. The third kappa shape index (κ3) is 0.928. The number of ketones is 1. The normalized spacial score (nSPS) is 49.7. The molecule has 3 heteroatoms. The van der Waals surface area contributed by atoms with Gasteiger partial charge in [-0.2, -0.15) is 0 Å². The Bertz CT molecular complexity index is 310. The van der Waals surface area contributed by atoms with Crippen LogP contribution in [0, 0.1) is 29.6 Å². The van der Waals surface area contributed by atoms with Gasteiger partial charge in [-0.1, -0.05) is 0 Å². The number of carbonyl (C=O) groups is 2. The molecule has 0 aromatic carbocycles. The number of carboxylic acid groups (broad SMARTS) is 1. The van der Waals surface area contributed by atoms with E-state index < -0.39 is 11.9 Å². The number of rotatable bonds is 1. The average molecular weight is 193 g/mol. The highest BCUT2D eigenvalue weighted by molar-refractivity contribution is 5.90. The van der Waals surface area contributed by atoms with Crippen LogP contribution in [0.3, 0.4) is 0 Å². The highest BCUT2D eigenvalue weighted by atomic mass is 16.4. The molecule has 4 aliphatic carbocycles. The van der Waals surface area contributed by atoms with Crippen molar-refractivity contribution in [3.8, 4) is 0 Å². The molecule has 4 aliphatic rings. The van der Waals surface area contributed by atoms with Gasteiger partial charge in [0.2, 0.25) is 0 Å². The van der Waals surface area contributed by atoms with Crippen LogP contribution in [-0.2, 0) is 9.59 Å². The molecule has 14 heavy (non-hydrogen) atoms. The molecule has 5 atom stereocenters. The summed E-state index contributed by atoms with van der Waals surface area (Å²) in [5.41, 5.74) is 0. The van der Waals surface area contributed by atoms with Gasteiger partial charge in [-0.3, -0.25) is 4.79 Å². The zero-order chi connectivity index (χ0) is 9.87. The number of carbonyl (C=O) groups excluding carboxylic acids is 2. The van der Waals surface area contributed by atoms with Crippen LogP contribution < -0.4 is 5.11 Å². The van der Waals surface area contributed by atoms with E-state index in [0.29, 0.717) is 5.92 Å². The quantitative estimate of drug-likeness (QED) is 0.588. The molecular weight excluding hydrogens is 180 g/mol. The van der Waals surface area contributed by atoms with Crippen LogP contribution >= 0.6 is 0 Å². The van der Waals surface area contributed by atoms with Gasteiger partial charge in [-0.25, -0.2) is 0 Å². The Morgan fingerprint density at radius 3 is 2.71 bits per heavy atom. The predicted molar refractivity (Wildman–Crippen MR) is 45.9 cm³/mol. The fraction of sp³-hybridized carbons (Fsp3) is 0.818. The molecule has 0 heterocycles. The number of hydrogen-bond donors (Lipinski definition) is 0. The topological polar surface area (TPSA) is 57.2 Å². The highest BCUT2D eigenvalue weighted by Gasteiger charge is 2.53. The number of carboxylic acids is 1. The summed E-state index contributed by atoms with van der Waals surface area (Å²) >= 11 is 0. The average Bonchev–Trinajstić information content (AvgIpc) is 2.12. The molecule has 0 spiro atoms. The predicted octanol–water partition coefficient (Wildman–Crippen LogP) is -0.0124. The molecule has 4 fully saturated rings. The van der Waals surface area contributed by atoms with E-state index in [1.54, 1.807) is 0 Å². The van der Waals surface area contributed by atoms with Crippen molar-refractivity contribution < 1.29 is 14.7 Å². The molecule has 0 aromatic heterocycles. The van der Waals surface area contributed by atoms with Crippen LogP contribution in [0.1, 0.15) is 25.7 Å². The summed E-state index contributed by atoms with van der Waals surface area (Å²) in [6.07, 6.45) is 3.65. The van der Waals surface area contributed by atoms with E-state index in [0.717, 1.165) is 25.7 Å². The Morgan fingerprint density at radius 2 is 2.00 bits per heavy atom. The lowest BCUT2D eigenvalue weighted by Gasteiger charge is -2.53. The summed E-state index contributed by atoms with van der Waals surface area (Å²) < 4.78 is 0. The molecule has 5 unspecified atom stereocenters. The van der Waals surface area contributed by atoms with Gasteiger partial charge in [0.25, 0.3) is 0 Å². The molecule has 76 valence electrons. The smallest absolute Gasteiger partial charge is 0.139 e. The Labute approximate surface area is 82.5 Å². The van der Waals surface area contributed by atoms with Crippen molar-refractivity contribution in [3.05, 3.63) is 0 Å². The standard InChI is InChI=1S/C11H14O3/c12-10-7-2-5-1-6(4-7)9(11(13)14)8(10)3-5/h5-9H,1-4H2,(H,13,14)/p-1. The van der Waals surface area contributed by atoms with Crippen LogP contribution in [0.25, 0.3) is 0 Å². The maximum absolute atomic E-state index is 11.8. The van der Waals surface area contributed by atoms with E-state index in [9.17, 15) is 14.7 Å². The minimum atomic E-state index is -0.993. The maximum Gasteiger partial charge on any atom is 0.139 e. The van der Waals surface area contributed by atoms with Gasteiger partial charge in [-0.05, 0) is 37.5 Å². The summed E-state index contributed by atoms with van der Waals surface area (Å²) in [5, 5.41) is 11.0. The molecule has 0 radical (unpaired) electrons. The summed E-state index contributed by atoms with van der Waals surface area (Å²) in [6, 6.07) is 0. The molecule has 0 aliphatic heterocycles. The lowest BCUT2D eigenvalue weighted by molar-refractivity contribution is -0.318. The summed E-state index contributed by atoms with van der Waals surface area (Å²) in [7, 11) is 0. The Morgan fingerprint density at radius 1 is 1.21 bits per heavy atom. The van der Waals surface area contributed by atoms with Crippen molar-refractivity contribution in [3.63, 3.8) is 0 Å². The first kappa shape index (κ1) is 8.45. The van der Waals surface area contributed by atoms with Crippen LogP contribution in [-0.4, -0.2) is 11.8 Å². The number of Topliss-reactive ketones (excluding diaryl/α,β-unsaturated/α-hetero) is 1. The monoisotopic (exact) mass is 193 g/mol. The van der Waals surface area contributed by atoms with Crippen molar-refractivity contribution in [1.82, 2.24) is 0 Å². The maximum atomic E-state index is 11.8. The van der Waals surface area contributed by atoms with Crippen LogP contribution in [0.2, 0.25) is 0 Å². The second kappa shape index (κ2) is 2.59. The molecule has 0 saturated heterocycles. The van der Waals surface area contributed by atoms with Crippen LogP contribution in [0.15, 0.2) is 0 Å². The van der Waals surface area contributed by atoms with Crippen molar-refractivity contribution in [2.45, 2.75) is 25.7 Å². The first-order valence-electron chi connectivity index (χ1n) is 5.41. The van der Waals surface area contributed by atoms with Crippen molar-refractivity contribution >= 4 is 11.8 Å². The van der Waals surface area contributed by atoms with E-state index in [1.807, 2.05) is 0 Å². The number of hydrogen-bond acceptors (Lipinski definition) is 3.